The summed E-state index contributed by atoms with van der Waals surface area (Å²) in [5.41, 5.74) is 1.58. The Balaban J connectivity index is 1.82. The topological polar surface area (TPSA) is 67.2 Å². The molecule has 0 aliphatic rings. The van der Waals surface area contributed by atoms with Crippen molar-refractivity contribution in [1.29, 1.82) is 0 Å². The van der Waals surface area contributed by atoms with Gasteiger partial charge in [-0.2, -0.15) is 4.98 Å². The summed E-state index contributed by atoms with van der Waals surface area (Å²) in [5, 5.41) is 5.85. The van der Waals surface area contributed by atoms with Crippen molar-refractivity contribution in [1.82, 2.24) is 10.3 Å². The number of para-hydroxylation sites is 2. The highest BCUT2D eigenvalue weighted by molar-refractivity contribution is 5.77. The van der Waals surface area contributed by atoms with E-state index in [1.807, 2.05) is 38.1 Å². The molecule has 0 unspecified atom stereocenters. The Labute approximate surface area is 106 Å². The zero-order valence-corrected chi connectivity index (χ0v) is 10.6. The van der Waals surface area contributed by atoms with E-state index in [9.17, 15) is 4.79 Å². The molecule has 0 fully saturated rings. The summed E-state index contributed by atoms with van der Waals surface area (Å²) in [6.45, 7) is 4.87. The molecule has 0 aliphatic carbocycles. The fraction of sp³-hybridized carbons (Fsp3) is 0.385. The van der Waals surface area contributed by atoms with Crippen LogP contribution in [0.5, 0.6) is 0 Å². The number of oxazole rings is 1. The molecule has 0 saturated heterocycles. The molecule has 0 saturated carbocycles. The quantitative estimate of drug-likeness (QED) is 0.793. The standard InChI is InChI=1S/C13H17N3O2/c1-9(2)12(17)14-7-8-15-13-16-10-5-3-4-6-11(10)18-13/h3-6,9H,7-8H2,1-2H3,(H,14,17)(H,15,16). The summed E-state index contributed by atoms with van der Waals surface area (Å²) >= 11 is 0. The zero-order valence-electron chi connectivity index (χ0n) is 10.6. The molecule has 0 radical (unpaired) electrons. The van der Waals surface area contributed by atoms with Crippen LogP contribution in [0.25, 0.3) is 11.1 Å². The van der Waals surface area contributed by atoms with E-state index in [4.69, 9.17) is 4.42 Å². The monoisotopic (exact) mass is 247 g/mol. The number of hydrogen-bond acceptors (Lipinski definition) is 4. The highest BCUT2D eigenvalue weighted by Crippen LogP contribution is 2.17. The molecule has 5 nitrogen and oxygen atoms in total. The number of benzene rings is 1. The summed E-state index contributed by atoms with van der Waals surface area (Å²) < 4.78 is 5.49. The van der Waals surface area contributed by atoms with Gasteiger partial charge in [0.1, 0.15) is 5.52 Å². The van der Waals surface area contributed by atoms with Gasteiger partial charge in [0.25, 0.3) is 6.01 Å². The largest absolute Gasteiger partial charge is 0.424 e. The van der Waals surface area contributed by atoms with Crippen LogP contribution in [-0.4, -0.2) is 24.0 Å². The third-order valence-corrected chi connectivity index (χ3v) is 2.52. The van der Waals surface area contributed by atoms with Crippen LogP contribution in [-0.2, 0) is 4.79 Å². The number of carbonyl (C=O) groups is 1. The van der Waals surface area contributed by atoms with Crippen molar-refractivity contribution in [3.63, 3.8) is 0 Å². The SMILES string of the molecule is CC(C)C(=O)NCCNc1nc2ccccc2o1. The zero-order chi connectivity index (χ0) is 13.0. The third-order valence-electron chi connectivity index (χ3n) is 2.52. The van der Waals surface area contributed by atoms with E-state index in [1.54, 1.807) is 0 Å². The van der Waals surface area contributed by atoms with Gasteiger partial charge >= 0.3 is 0 Å². The Kier molecular flexibility index (Phi) is 3.82. The van der Waals surface area contributed by atoms with Crippen LogP contribution in [0.1, 0.15) is 13.8 Å². The molecule has 18 heavy (non-hydrogen) atoms. The predicted octanol–water partition coefficient (Wildman–Crippen LogP) is 2.01. The van der Waals surface area contributed by atoms with Gasteiger partial charge < -0.3 is 15.1 Å². The Hall–Kier alpha value is -2.04. The normalized spacial score (nSPS) is 10.8. The Morgan fingerprint density at radius 3 is 2.83 bits per heavy atom. The van der Waals surface area contributed by atoms with Gasteiger partial charge in [-0.05, 0) is 12.1 Å². The average Bonchev–Trinajstić information content (AvgIpc) is 2.76. The Morgan fingerprint density at radius 2 is 2.11 bits per heavy atom. The van der Waals surface area contributed by atoms with E-state index in [2.05, 4.69) is 15.6 Å². The summed E-state index contributed by atoms with van der Waals surface area (Å²) in [6, 6.07) is 8.06. The van der Waals surface area contributed by atoms with Gasteiger partial charge in [-0.25, -0.2) is 0 Å². The lowest BCUT2D eigenvalue weighted by molar-refractivity contribution is -0.123. The van der Waals surface area contributed by atoms with Gasteiger partial charge in [0, 0.05) is 19.0 Å². The highest BCUT2D eigenvalue weighted by atomic mass is 16.4. The van der Waals surface area contributed by atoms with Crippen molar-refractivity contribution in [3.05, 3.63) is 24.3 Å². The molecule has 0 atom stereocenters. The minimum Gasteiger partial charge on any atom is -0.424 e. The van der Waals surface area contributed by atoms with Crippen molar-refractivity contribution in [3.8, 4) is 0 Å². The summed E-state index contributed by atoms with van der Waals surface area (Å²) in [6.07, 6.45) is 0. The number of anilines is 1. The van der Waals surface area contributed by atoms with E-state index in [1.165, 1.54) is 0 Å². The molecule has 5 heteroatoms. The molecule has 2 rings (SSSR count). The maximum Gasteiger partial charge on any atom is 0.295 e. The Morgan fingerprint density at radius 1 is 1.33 bits per heavy atom. The van der Waals surface area contributed by atoms with Crippen molar-refractivity contribution in [2.45, 2.75) is 13.8 Å². The number of nitrogens with one attached hydrogen (secondary N) is 2. The van der Waals surface area contributed by atoms with Gasteiger partial charge in [-0.15, -0.1) is 0 Å². The summed E-state index contributed by atoms with van der Waals surface area (Å²) in [7, 11) is 0. The number of aromatic nitrogens is 1. The van der Waals surface area contributed by atoms with Crippen molar-refractivity contribution in [2.75, 3.05) is 18.4 Å². The van der Waals surface area contributed by atoms with Crippen molar-refractivity contribution in [2.24, 2.45) is 5.92 Å². The first kappa shape index (κ1) is 12.4. The minimum absolute atomic E-state index is 0.00864. The van der Waals surface area contributed by atoms with Crippen LogP contribution in [0.15, 0.2) is 28.7 Å². The predicted molar refractivity (Wildman–Crippen MR) is 70.3 cm³/mol. The van der Waals surface area contributed by atoms with Crippen LogP contribution in [0.2, 0.25) is 0 Å². The van der Waals surface area contributed by atoms with Crippen LogP contribution >= 0.6 is 0 Å². The second-order valence-corrected chi connectivity index (χ2v) is 4.36. The lowest BCUT2D eigenvalue weighted by atomic mass is 10.2. The molecular formula is C13H17N3O2. The molecule has 2 aromatic rings. The fourth-order valence-electron chi connectivity index (χ4n) is 1.51. The molecule has 1 aromatic heterocycles. The average molecular weight is 247 g/mol. The van der Waals surface area contributed by atoms with Gasteiger partial charge in [-0.1, -0.05) is 26.0 Å². The molecular weight excluding hydrogens is 230 g/mol. The number of fused-ring (bicyclic) bond motifs is 1. The lowest BCUT2D eigenvalue weighted by Gasteiger charge is -2.07. The molecule has 1 heterocycles. The van der Waals surface area contributed by atoms with Crippen LogP contribution < -0.4 is 10.6 Å². The first-order valence-electron chi connectivity index (χ1n) is 6.04. The molecule has 1 amide bonds. The van der Waals surface area contributed by atoms with E-state index in [-0.39, 0.29) is 11.8 Å². The van der Waals surface area contributed by atoms with Crippen LogP contribution in [0.4, 0.5) is 6.01 Å². The number of carbonyl (C=O) groups excluding carboxylic acids is 1. The summed E-state index contributed by atoms with van der Waals surface area (Å²) in [5.74, 6) is 0.0590. The first-order valence-corrected chi connectivity index (χ1v) is 6.04. The number of amides is 1. The molecule has 2 N–H and O–H groups in total. The van der Waals surface area contributed by atoms with Crippen LogP contribution in [0, 0.1) is 5.92 Å². The maximum atomic E-state index is 11.3. The lowest BCUT2D eigenvalue weighted by Crippen LogP contribution is -2.31. The van der Waals surface area contributed by atoms with E-state index in [0.717, 1.165) is 11.1 Å². The minimum atomic E-state index is 0.00864. The second-order valence-electron chi connectivity index (χ2n) is 4.36. The smallest absolute Gasteiger partial charge is 0.295 e. The number of nitrogens with zero attached hydrogens (tertiary/aromatic N) is 1. The number of rotatable bonds is 5. The summed E-state index contributed by atoms with van der Waals surface area (Å²) in [4.78, 5) is 15.6. The molecule has 0 bridgehead atoms. The van der Waals surface area contributed by atoms with E-state index >= 15 is 0 Å². The van der Waals surface area contributed by atoms with Gasteiger partial charge in [0.2, 0.25) is 5.91 Å². The third kappa shape index (κ3) is 3.00. The number of hydrogen-bond donors (Lipinski definition) is 2. The molecule has 0 aliphatic heterocycles. The first-order chi connectivity index (χ1) is 8.66. The van der Waals surface area contributed by atoms with E-state index < -0.39 is 0 Å². The highest BCUT2D eigenvalue weighted by Gasteiger charge is 2.06. The van der Waals surface area contributed by atoms with Crippen molar-refractivity contribution >= 4 is 23.0 Å². The molecule has 96 valence electrons. The molecule has 1 aromatic carbocycles. The van der Waals surface area contributed by atoms with Gasteiger partial charge in [0.15, 0.2) is 5.58 Å². The Bertz CT molecular complexity index is 501. The van der Waals surface area contributed by atoms with Crippen molar-refractivity contribution < 1.29 is 9.21 Å². The fourth-order valence-corrected chi connectivity index (χ4v) is 1.51. The maximum absolute atomic E-state index is 11.3. The van der Waals surface area contributed by atoms with Gasteiger partial charge in [-0.3, -0.25) is 4.79 Å². The molecule has 0 spiro atoms. The van der Waals surface area contributed by atoms with Crippen LogP contribution in [0.3, 0.4) is 0 Å². The second kappa shape index (κ2) is 5.53. The van der Waals surface area contributed by atoms with E-state index in [0.29, 0.717) is 19.1 Å². The van der Waals surface area contributed by atoms with Gasteiger partial charge in [0.05, 0.1) is 0 Å².